The lowest BCUT2D eigenvalue weighted by molar-refractivity contribution is 0.0915. The maximum atomic E-state index is 12.4. The van der Waals surface area contributed by atoms with Crippen molar-refractivity contribution in [2.75, 3.05) is 6.54 Å². The Morgan fingerprint density at radius 3 is 3.04 bits per heavy atom. The van der Waals surface area contributed by atoms with Crippen LogP contribution in [0.1, 0.15) is 47.6 Å². The van der Waals surface area contributed by atoms with Crippen molar-refractivity contribution in [1.82, 2.24) is 25.1 Å². The molecule has 7 heteroatoms. The number of hydrogen-bond donors (Lipinski definition) is 3. The number of aromatic amines is 1. The molecule has 2 aromatic rings. The lowest BCUT2D eigenvalue weighted by atomic mass is 10.0. The van der Waals surface area contributed by atoms with Crippen molar-refractivity contribution < 1.29 is 9.90 Å². The van der Waals surface area contributed by atoms with E-state index in [1.807, 2.05) is 30.8 Å². The SMILES string of the molecule is CCc1c(C(=O)NC[C@@H]2C[C@@H](c3ncn[nH]3)C[C@@H]2O)ccn1C. The number of carbonyl (C=O) groups is 1. The van der Waals surface area contributed by atoms with Crippen LogP contribution in [-0.4, -0.2) is 43.4 Å². The summed E-state index contributed by atoms with van der Waals surface area (Å²) in [6.45, 7) is 2.51. The number of carbonyl (C=O) groups excluding carboxylic acids is 1. The van der Waals surface area contributed by atoms with E-state index in [4.69, 9.17) is 0 Å². The molecular formula is C16H23N5O2. The number of aryl methyl sites for hydroxylation is 1. The van der Waals surface area contributed by atoms with E-state index in [-0.39, 0.29) is 17.7 Å². The van der Waals surface area contributed by atoms with E-state index in [1.165, 1.54) is 6.33 Å². The number of aliphatic hydroxyl groups is 1. The molecule has 0 radical (unpaired) electrons. The molecule has 0 bridgehead atoms. The van der Waals surface area contributed by atoms with Crippen molar-refractivity contribution in [3.05, 3.63) is 35.7 Å². The highest BCUT2D eigenvalue weighted by Crippen LogP contribution is 2.36. The van der Waals surface area contributed by atoms with E-state index >= 15 is 0 Å². The van der Waals surface area contributed by atoms with Crippen LogP contribution in [0.3, 0.4) is 0 Å². The van der Waals surface area contributed by atoms with Crippen molar-refractivity contribution in [2.24, 2.45) is 13.0 Å². The van der Waals surface area contributed by atoms with E-state index in [2.05, 4.69) is 20.5 Å². The predicted octanol–water partition coefficient (Wildman–Crippen LogP) is 0.990. The third-order valence-electron chi connectivity index (χ3n) is 4.78. The van der Waals surface area contributed by atoms with Crippen molar-refractivity contribution in [2.45, 2.75) is 38.2 Å². The molecule has 124 valence electrons. The first-order chi connectivity index (χ1) is 11.1. The first kappa shape index (κ1) is 15.7. The van der Waals surface area contributed by atoms with Gasteiger partial charge < -0.3 is 15.0 Å². The molecule has 2 heterocycles. The summed E-state index contributed by atoms with van der Waals surface area (Å²) in [6.07, 6.45) is 5.22. The quantitative estimate of drug-likeness (QED) is 0.766. The normalized spacial score (nSPS) is 24.0. The summed E-state index contributed by atoms with van der Waals surface area (Å²) in [7, 11) is 1.94. The Morgan fingerprint density at radius 1 is 1.52 bits per heavy atom. The molecular weight excluding hydrogens is 294 g/mol. The molecule has 1 amide bonds. The molecule has 23 heavy (non-hydrogen) atoms. The smallest absolute Gasteiger partial charge is 0.253 e. The van der Waals surface area contributed by atoms with Crippen LogP contribution < -0.4 is 5.32 Å². The molecule has 3 rings (SSSR count). The molecule has 7 nitrogen and oxygen atoms in total. The standard InChI is InChI=1S/C16H23N5O2/c1-3-13-12(4-5-21(13)2)16(23)17-8-11-6-10(7-14(11)22)15-18-9-19-20-15/h4-5,9-11,14,22H,3,6-8H2,1-2H3,(H,17,23)(H,18,19,20)/t10-,11+,14+/m1/s1. The van der Waals surface area contributed by atoms with Gasteiger partial charge in [0.25, 0.3) is 5.91 Å². The molecule has 0 aromatic carbocycles. The van der Waals surface area contributed by atoms with Gasteiger partial charge in [-0.25, -0.2) is 4.98 Å². The molecule has 2 aromatic heterocycles. The second kappa shape index (κ2) is 6.54. The summed E-state index contributed by atoms with van der Waals surface area (Å²) in [5.74, 6) is 0.965. The molecule has 0 unspecified atom stereocenters. The summed E-state index contributed by atoms with van der Waals surface area (Å²) in [4.78, 5) is 16.5. The Kier molecular flexibility index (Phi) is 4.47. The largest absolute Gasteiger partial charge is 0.393 e. The summed E-state index contributed by atoms with van der Waals surface area (Å²) < 4.78 is 1.97. The van der Waals surface area contributed by atoms with E-state index < -0.39 is 6.10 Å². The van der Waals surface area contributed by atoms with Gasteiger partial charge >= 0.3 is 0 Å². The molecule has 3 N–H and O–H groups in total. The molecule has 1 aliphatic carbocycles. The van der Waals surface area contributed by atoms with Gasteiger partial charge in [0, 0.05) is 37.3 Å². The van der Waals surface area contributed by atoms with Gasteiger partial charge in [0.1, 0.15) is 12.2 Å². The van der Waals surface area contributed by atoms with E-state index in [1.54, 1.807) is 0 Å². The molecule has 1 saturated carbocycles. The predicted molar refractivity (Wildman–Crippen MR) is 85.0 cm³/mol. The van der Waals surface area contributed by atoms with Gasteiger partial charge in [-0.2, -0.15) is 5.10 Å². The third kappa shape index (κ3) is 3.14. The van der Waals surface area contributed by atoms with Gasteiger partial charge in [0.15, 0.2) is 0 Å². The average molecular weight is 317 g/mol. The first-order valence-electron chi connectivity index (χ1n) is 8.05. The Bertz CT molecular complexity index is 664. The van der Waals surface area contributed by atoms with Gasteiger partial charge in [-0.3, -0.25) is 9.89 Å². The Labute approximate surface area is 135 Å². The van der Waals surface area contributed by atoms with Crippen LogP contribution >= 0.6 is 0 Å². The monoisotopic (exact) mass is 317 g/mol. The van der Waals surface area contributed by atoms with Crippen LogP contribution in [0.4, 0.5) is 0 Å². The number of H-pyrrole nitrogens is 1. The van der Waals surface area contributed by atoms with Crippen LogP contribution in [-0.2, 0) is 13.5 Å². The highest BCUT2D eigenvalue weighted by Gasteiger charge is 2.35. The molecule has 3 atom stereocenters. The van der Waals surface area contributed by atoms with Crippen molar-refractivity contribution in [3.63, 3.8) is 0 Å². The Balaban J connectivity index is 1.59. The lowest BCUT2D eigenvalue weighted by Crippen LogP contribution is -2.32. The average Bonchev–Trinajstić information content (AvgIpc) is 3.24. The minimum atomic E-state index is -0.424. The maximum Gasteiger partial charge on any atom is 0.253 e. The number of amides is 1. The Morgan fingerprint density at radius 2 is 2.35 bits per heavy atom. The van der Waals surface area contributed by atoms with Crippen LogP contribution in [0, 0.1) is 5.92 Å². The molecule has 0 aliphatic heterocycles. The number of aromatic nitrogens is 4. The lowest BCUT2D eigenvalue weighted by Gasteiger charge is -2.15. The zero-order valence-corrected chi connectivity index (χ0v) is 13.5. The maximum absolute atomic E-state index is 12.4. The second-order valence-corrected chi connectivity index (χ2v) is 6.22. The van der Waals surface area contributed by atoms with Crippen LogP contribution in [0.15, 0.2) is 18.6 Å². The summed E-state index contributed by atoms with van der Waals surface area (Å²) in [6, 6.07) is 1.84. The van der Waals surface area contributed by atoms with Crippen molar-refractivity contribution >= 4 is 5.91 Å². The number of aliphatic hydroxyl groups excluding tert-OH is 1. The molecule has 1 fully saturated rings. The minimum absolute atomic E-state index is 0.0443. The van der Waals surface area contributed by atoms with Crippen molar-refractivity contribution in [3.8, 4) is 0 Å². The van der Waals surface area contributed by atoms with E-state index in [9.17, 15) is 9.90 Å². The van der Waals surface area contributed by atoms with Gasteiger partial charge in [0.2, 0.25) is 0 Å². The van der Waals surface area contributed by atoms with Gasteiger partial charge in [-0.1, -0.05) is 6.92 Å². The van der Waals surface area contributed by atoms with Crippen molar-refractivity contribution in [1.29, 1.82) is 0 Å². The fourth-order valence-corrected chi connectivity index (χ4v) is 3.49. The fraction of sp³-hybridized carbons (Fsp3) is 0.562. The summed E-state index contributed by atoms with van der Waals surface area (Å²) >= 11 is 0. The van der Waals surface area contributed by atoms with Gasteiger partial charge in [-0.05, 0) is 25.3 Å². The molecule has 0 saturated heterocycles. The third-order valence-corrected chi connectivity index (χ3v) is 4.78. The molecule has 0 spiro atoms. The number of nitrogens with one attached hydrogen (secondary N) is 2. The van der Waals surface area contributed by atoms with E-state index in [0.29, 0.717) is 18.5 Å². The van der Waals surface area contributed by atoms with Crippen LogP contribution in [0.25, 0.3) is 0 Å². The topological polar surface area (TPSA) is 95.8 Å². The zero-order valence-electron chi connectivity index (χ0n) is 13.5. The number of rotatable bonds is 5. The van der Waals surface area contributed by atoms with Crippen LogP contribution in [0.5, 0.6) is 0 Å². The zero-order chi connectivity index (χ0) is 16.4. The number of nitrogens with zero attached hydrogens (tertiary/aromatic N) is 3. The highest BCUT2D eigenvalue weighted by atomic mass is 16.3. The summed E-state index contributed by atoms with van der Waals surface area (Å²) in [5.41, 5.74) is 1.74. The van der Waals surface area contributed by atoms with Crippen LogP contribution in [0.2, 0.25) is 0 Å². The minimum Gasteiger partial charge on any atom is -0.393 e. The molecule has 1 aliphatic rings. The Hall–Kier alpha value is -2.15. The highest BCUT2D eigenvalue weighted by molar-refractivity contribution is 5.95. The van der Waals surface area contributed by atoms with Gasteiger partial charge in [0.05, 0.1) is 11.7 Å². The summed E-state index contributed by atoms with van der Waals surface area (Å²) in [5, 5.41) is 19.9. The first-order valence-corrected chi connectivity index (χ1v) is 8.05. The second-order valence-electron chi connectivity index (χ2n) is 6.22. The van der Waals surface area contributed by atoms with E-state index in [0.717, 1.165) is 24.4 Å². The fourth-order valence-electron chi connectivity index (χ4n) is 3.49. The van der Waals surface area contributed by atoms with Gasteiger partial charge in [-0.15, -0.1) is 0 Å². The number of hydrogen-bond acceptors (Lipinski definition) is 4.